The number of rotatable bonds is 9. The highest BCUT2D eigenvalue weighted by Crippen LogP contribution is 2.28. The van der Waals surface area contributed by atoms with Gasteiger partial charge < -0.3 is 14.3 Å². The van der Waals surface area contributed by atoms with Crippen molar-refractivity contribution < 1.29 is 18.7 Å². The van der Waals surface area contributed by atoms with E-state index in [0.29, 0.717) is 34.8 Å². The summed E-state index contributed by atoms with van der Waals surface area (Å²) in [4.78, 5) is 10.8. The lowest BCUT2D eigenvalue weighted by Gasteiger charge is -2.19. The van der Waals surface area contributed by atoms with E-state index in [-0.39, 0.29) is 19.1 Å². The summed E-state index contributed by atoms with van der Waals surface area (Å²) >= 11 is 6.25. The van der Waals surface area contributed by atoms with Gasteiger partial charge in [0.2, 0.25) is 0 Å². The standard InChI is InChI=1S/C25H28ClFO3/c1-18(30-22-9-4-2-3-5-10-22)17-29-25-11-7-6-8-20(25)15-21-14-19(12-13-28)24(27)16-23(21)26/h6-8,11,13-14,16,22H,1-5,9-10,12,15,17H2. The molecule has 1 aliphatic rings. The van der Waals surface area contributed by atoms with E-state index in [9.17, 15) is 9.18 Å². The van der Waals surface area contributed by atoms with Gasteiger partial charge in [0.05, 0.1) is 6.10 Å². The van der Waals surface area contributed by atoms with E-state index in [0.717, 1.165) is 24.0 Å². The molecule has 0 amide bonds. The van der Waals surface area contributed by atoms with Gasteiger partial charge in [-0.3, -0.25) is 0 Å². The van der Waals surface area contributed by atoms with Crippen LogP contribution in [0.2, 0.25) is 5.02 Å². The fourth-order valence-electron chi connectivity index (χ4n) is 3.81. The lowest BCUT2D eigenvalue weighted by Crippen LogP contribution is -2.14. The average Bonchev–Trinajstić information content (AvgIpc) is 2.99. The van der Waals surface area contributed by atoms with Crippen molar-refractivity contribution in [2.45, 2.75) is 57.5 Å². The Hall–Kier alpha value is -2.33. The van der Waals surface area contributed by atoms with Crippen LogP contribution in [-0.2, 0) is 22.4 Å². The van der Waals surface area contributed by atoms with E-state index in [4.69, 9.17) is 21.1 Å². The number of carbonyl (C=O) groups excluding carboxylic acids is 1. The number of halogens is 2. The molecular weight excluding hydrogens is 403 g/mol. The Kier molecular flexibility index (Phi) is 8.32. The first kappa shape index (κ1) is 22.4. The van der Waals surface area contributed by atoms with Gasteiger partial charge in [-0.25, -0.2) is 4.39 Å². The van der Waals surface area contributed by atoms with Crippen molar-refractivity contribution in [1.82, 2.24) is 0 Å². The Labute approximate surface area is 182 Å². The zero-order valence-corrected chi connectivity index (χ0v) is 17.9. The maximum absolute atomic E-state index is 14.0. The Balaban J connectivity index is 1.65. The third kappa shape index (κ3) is 6.33. The SMILES string of the molecule is C=C(COc1ccccc1Cc1cc(CC=O)c(F)cc1Cl)OC1CCCCCC1. The van der Waals surface area contributed by atoms with Gasteiger partial charge in [0.15, 0.2) is 0 Å². The van der Waals surface area contributed by atoms with Crippen molar-refractivity contribution in [2.24, 2.45) is 0 Å². The molecule has 5 heteroatoms. The highest BCUT2D eigenvalue weighted by Gasteiger charge is 2.15. The zero-order chi connectivity index (χ0) is 21.3. The molecule has 0 aliphatic heterocycles. The second-order valence-corrected chi connectivity index (χ2v) is 8.16. The predicted molar refractivity (Wildman–Crippen MR) is 118 cm³/mol. The van der Waals surface area contributed by atoms with Crippen LogP contribution in [0.3, 0.4) is 0 Å². The van der Waals surface area contributed by atoms with E-state index >= 15 is 0 Å². The fraction of sp³-hybridized carbons (Fsp3) is 0.400. The summed E-state index contributed by atoms with van der Waals surface area (Å²) in [6.45, 7) is 4.30. The molecule has 0 saturated heterocycles. The molecular formula is C25H28ClFO3. The van der Waals surface area contributed by atoms with Crippen molar-refractivity contribution in [3.63, 3.8) is 0 Å². The minimum absolute atomic E-state index is 0.0203. The number of hydrogen-bond acceptors (Lipinski definition) is 3. The van der Waals surface area contributed by atoms with Crippen LogP contribution >= 0.6 is 11.6 Å². The molecule has 0 unspecified atom stereocenters. The maximum Gasteiger partial charge on any atom is 0.145 e. The molecule has 3 rings (SSSR count). The molecule has 1 fully saturated rings. The average molecular weight is 431 g/mol. The fourth-order valence-corrected chi connectivity index (χ4v) is 4.03. The molecule has 0 atom stereocenters. The molecule has 2 aromatic carbocycles. The Bertz CT molecular complexity index is 873. The molecule has 0 spiro atoms. The van der Waals surface area contributed by atoms with Crippen molar-refractivity contribution in [3.8, 4) is 5.75 Å². The lowest BCUT2D eigenvalue weighted by molar-refractivity contribution is -0.107. The third-order valence-electron chi connectivity index (χ3n) is 5.40. The van der Waals surface area contributed by atoms with Crippen LogP contribution < -0.4 is 4.74 Å². The molecule has 2 aromatic rings. The van der Waals surface area contributed by atoms with Crippen molar-refractivity contribution in [1.29, 1.82) is 0 Å². The largest absolute Gasteiger partial charge is 0.492 e. The van der Waals surface area contributed by atoms with Gasteiger partial charge in [0, 0.05) is 17.9 Å². The minimum atomic E-state index is -0.465. The van der Waals surface area contributed by atoms with Crippen LogP contribution in [0, 0.1) is 5.82 Å². The monoisotopic (exact) mass is 430 g/mol. The summed E-state index contributed by atoms with van der Waals surface area (Å²) in [6, 6.07) is 10.6. The van der Waals surface area contributed by atoms with Gasteiger partial charge in [-0.05, 0) is 54.5 Å². The second-order valence-electron chi connectivity index (χ2n) is 7.75. The first-order chi connectivity index (χ1) is 14.6. The van der Waals surface area contributed by atoms with Crippen LogP contribution in [-0.4, -0.2) is 19.0 Å². The van der Waals surface area contributed by atoms with Crippen LogP contribution in [0.1, 0.15) is 55.2 Å². The summed E-state index contributed by atoms with van der Waals surface area (Å²) < 4.78 is 26.0. The summed E-state index contributed by atoms with van der Waals surface area (Å²) in [5, 5.41) is 0.332. The van der Waals surface area contributed by atoms with Crippen molar-refractivity contribution in [3.05, 3.63) is 76.3 Å². The molecule has 0 N–H and O–H groups in total. The van der Waals surface area contributed by atoms with E-state index in [1.807, 2.05) is 24.3 Å². The molecule has 0 heterocycles. The van der Waals surface area contributed by atoms with Crippen molar-refractivity contribution in [2.75, 3.05) is 6.61 Å². The third-order valence-corrected chi connectivity index (χ3v) is 5.75. The van der Waals surface area contributed by atoms with Gasteiger partial charge in [-0.15, -0.1) is 0 Å². The first-order valence-electron chi connectivity index (χ1n) is 10.5. The minimum Gasteiger partial charge on any atom is -0.492 e. The summed E-state index contributed by atoms with van der Waals surface area (Å²) in [5.41, 5.74) is 2.01. The van der Waals surface area contributed by atoms with Gasteiger partial charge in [-0.2, -0.15) is 0 Å². The van der Waals surface area contributed by atoms with Gasteiger partial charge in [0.25, 0.3) is 0 Å². The van der Waals surface area contributed by atoms with Gasteiger partial charge in [0.1, 0.15) is 30.2 Å². The Morgan fingerprint density at radius 3 is 2.57 bits per heavy atom. The topological polar surface area (TPSA) is 35.5 Å². The number of aldehydes is 1. The molecule has 30 heavy (non-hydrogen) atoms. The second kappa shape index (κ2) is 11.2. The van der Waals surface area contributed by atoms with Crippen LogP contribution in [0.5, 0.6) is 5.75 Å². The smallest absolute Gasteiger partial charge is 0.145 e. The van der Waals surface area contributed by atoms with E-state index in [1.165, 1.54) is 31.7 Å². The Morgan fingerprint density at radius 1 is 1.10 bits per heavy atom. The Morgan fingerprint density at radius 2 is 1.83 bits per heavy atom. The highest BCUT2D eigenvalue weighted by atomic mass is 35.5. The number of carbonyl (C=O) groups is 1. The summed E-state index contributed by atoms with van der Waals surface area (Å²) in [7, 11) is 0. The van der Waals surface area contributed by atoms with Gasteiger partial charge in [-0.1, -0.05) is 55.3 Å². The first-order valence-corrected chi connectivity index (χ1v) is 10.9. The number of hydrogen-bond donors (Lipinski definition) is 0. The molecule has 160 valence electrons. The summed E-state index contributed by atoms with van der Waals surface area (Å²) in [5.74, 6) is 0.873. The number of ether oxygens (including phenoxy) is 2. The quantitative estimate of drug-likeness (QED) is 0.261. The summed E-state index contributed by atoms with van der Waals surface area (Å²) in [6.07, 6.45) is 8.50. The zero-order valence-electron chi connectivity index (χ0n) is 17.2. The maximum atomic E-state index is 14.0. The molecule has 1 saturated carbocycles. The molecule has 1 aliphatic carbocycles. The predicted octanol–water partition coefficient (Wildman–Crippen LogP) is 6.44. The highest BCUT2D eigenvalue weighted by molar-refractivity contribution is 6.31. The van der Waals surface area contributed by atoms with Crippen LogP contribution in [0.25, 0.3) is 0 Å². The normalized spacial score (nSPS) is 14.7. The molecule has 0 bridgehead atoms. The van der Waals surface area contributed by atoms with E-state index in [2.05, 4.69) is 6.58 Å². The van der Waals surface area contributed by atoms with Crippen LogP contribution in [0.15, 0.2) is 48.7 Å². The molecule has 3 nitrogen and oxygen atoms in total. The van der Waals surface area contributed by atoms with E-state index in [1.54, 1.807) is 6.07 Å². The van der Waals surface area contributed by atoms with Gasteiger partial charge >= 0.3 is 0 Å². The van der Waals surface area contributed by atoms with Crippen molar-refractivity contribution >= 4 is 17.9 Å². The lowest BCUT2D eigenvalue weighted by atomic mass is 10.0. The molecule has 0 aromatic heterocycles. The van der Waals surface area contributed by atoms with E-state index < -0.39 is 5.82 Å². The molecule has 0 radical (unpaired) electrons. The number of para-hydroxylation sites is 1. The van der Waals surface area contributed by atoms with Crippen LogP contribution in [0.4, 0.5) is 4.39 Å². The number of benzene rings is 2.